The second-order valence-electron chi connectivity index (χ2n) is 11.7. The van der Waals surface area contributed by atoms with Crippen LogP contribution in [0.4, 0.5) is 0 Å². The quantitative estimate of drug-likeness (QED) is 0.186. The largest absolute Gasteiger partial charge is 0.456 e. The summed E-state index contributed by atoms with van der Waals surface area (Å²) < 4.78 is 96.1. The van der Waals surface area contributed by atoms with Crippen LogP contribution in [0, 0.1) is 0 Å². The van der Waals surface area contributed by atoms with Crippen LogP contribution < -0.4 is 0 Å². The Kier molecular flexibility index (Phi) is 4.52. The van der Waals surface area contributed by atoms with E-state index in [1.54, 1.807) is 0 Å². The lowest BCUT2D eigenvalue weighted by Crippen LogP contribution is -2.06. The van der Waals surface area contributed by atoms with Crippen molar-refractivity contribution in [2.24, 2.45) is 0 Å². The van der Waals surface area contributed by atoms with Gasteiger partial charge < -0.3 is 4.42 Å². The molecule has 0 aliphatic heterocycles. The first-order valence-corrected chi connectivity index (χ1v) is 15.9. The van der Waals surface area contributed by atoms with E-state index in [0.29, 0.717) is 11.1 Å². The molecule has 50 heavy (non-hydrogen) atoms. The monoisotopic (exact) mass is 650 g/mol. The van der Waals surface area contributed by atoms with Gasteiger partial charge in [-0.15, -0.1) is 0 Å². The zero-order valence-corrected chi connectivity index (χ0v) is 26.1. The number of furan rings is 1. The zero-order chi connectivity index (χ0) is 41.7. The first-order valence-electron chi connectivity index (χ1n) is 20.9. The Balaban J connectivity index is 1.35. The number of hydrogen-bond donors (Lipinski definition) is 0. The minimum absolute atomic E-state index is 0.00371. The van der Waals surface area contributed by atoms with Gasteiger partial charge in [-0.25, -0.2) is 4.98 Å². The van der Waals surface area contributed by atoms with E-state index in [1.165, 1.54) is 4.57 Å². The van der Waals surface area contributed by atoms with Gasteiger partial charge in [-0.05, 0) is 46.4 Å². The molecule has 5 heteroatoms. The molecule has 0 saturated carbocycles. The number of nitrogens with zero attached hydrogens (tertiary/aromatic N) is 4. The van der Waals surface area contributed by atoms with E-state index < -0.39 is 60.4 Å². The lowest BCUT2D eigenvalue weighted by molar-refractivity contribution is 0.669. The summed E-state index contributed by atoms with van der Waals surface area (Å²) in [6, 6.07) is 29.9. The van der Waals surface area contributed by atoms with Crippen LogP contribution in [0.5, 0.6) is 0 Å². The highest BCUT2D eigenvalue weighted by Crippen LogP contribution is 2.40. The molecule has 3 aromatic heterocycles. The number of benzene rings is 7. The van der Waals surface area contributed by atoms with Gasteiger partial charge in [0.15, 0.2) is 11.6 Å². The van der Waals surface area contributed by atoms with Crippen molar-refractivity contribution in [1.82, 2.24) is 19.5 Å². The highest BCUT2D eigenvalue weighted by atomic mass is 16.3. The molecule has 5 nitrogen and oxygen atoms in total. The van der Waals surface area contributed by atoms with E-state index in [4.69, 9.17) is 30.3 Å². The third-order valence-corrected chi connectivity index (χ3v) is 8.80. The molecule has 0 bridgehead atoms. The van der Waals surface area contributed by atoms with Gasteiger partial charge in [0.1, 0.15) is 11.2 Å². The Hall–Kier alpha value is -6.85. The SMILES string of the molecule is [2H]c1c([2H])c([2H])c2c(oc3c([2H])c([2H])c4c5c([2H])c([2H])c([2H])c([2H])c5n(-c5nc(-c6ccc(-c7ccccc7)cc6)nc(-c6ccc(-c7ccccc7)cc6)n5)c4c32)c1[2H]. The van der Waals surface area contributed by atoms with Crippen molar-refractivity contribution in [3.8, 4) is 51.0 Å². The van der Waals surface area contributed by atoms with Gasteiger partial charge >= 0.3 is 0 Å². The molecule has 0 unspecified atom stereocenters. The molecule has 0 atom stereocenters. The molecule has 0 saturated heterocycles. The average Bonchev–Trinajstić information content (AvgIpc) is 3.87. The van der Waals surface area contributed by atoms with E-state index in [1.807, 2.05) is 109 Å². The predicted octanol–water partition coefficient (Wildman–Crippen LogP) is 11.5. The molecule has 7 aromatic carbocycles. The second kappa shape index (κ2) is 11.4. The van der Waals surface area contributed by atoms with Crippen LogP contribution in [0.15, 0.2) is 174 Å². The van der Waals surface area contributed by atoms with Crippen molar-refractivity contribution in [3.05, 3.63) is 170 Å². The molecular weight excluding hydrogens is 613 g/mol. The third-order valence-electron chi connectivity index (χ3n) is 8.80. The third kappa shape index (κ3) is 4.60. The molecule has 10 rings (SSSR count). The molecule has 234 valence electrons. The maximum Gasteiger partial charge on any atom is 0.238 e. The normalized spacial score (nSPS) is 14.4. The van der Waals surface area contributed by atoms with Crippen LogP contribution in [-0.2, 0) is 0 Å². The molecule has 0 spiro atoms. The number of para-hydroxylation sites is 2. The van der Waals surface area contributed by atoms with Gasteiger partial charge in [0.2, 0.25) is 5.95 Å². The highest BCUT2D eigenvalue weighted by Gasteiger charge is 2.22. The lowest BCUT2D eigenvalue weighted by Gasteiger charge is -2.12. The number of fused-ring (bicyclic) bond motifs is 7. The number of aromatic nitrogens is 4. The summed E-state index contributed by atoms with van der Waals surface area (Å²) in [5.74, 6) is 0.333. The first-order chi connectivity index (χ1) is 28.9. The Morgan fingerprint density at radius 3 is 1.58 bits per heavy atom. The van der Waals surface area contributed by atoms with Crippen molar-refractivity contribution in [2.45, 2.75) is 0 Å². The van der Waals surface area contributed by atoms with Gasteiger partial charge in [-0.1, -0.05) is 145 Å². The Labute approximate surface area is 301 Å². The van der Waals surface area contributed by atoms with E-state index >= 15 is 0 Å². The van der Waals surface area contributed by atoms with Crippen LogP contribution in [0.3, 0.4) is 0 Å². The highest BCUT2D eigenvalue weighted by molar-refractivity contribution is 6.24. The van der Waals surface area contributed by atoms with Crippen LogP contribution in [0.2, 0.25) is 0 Å². The van der Waals surface area contributed by atoms with Crippen molar-refractivity contribution in [3.63, 3.8) is 0 Å². The van der Waals surface area contributed by atoms with Crippen molar-refractivity contribution < 1.29 is 18.1 Å². The van der Waals surface area contributed by atoms with Crippen LogP contribution in [0.25, 0.3) is 94.7 Å². The summed E-state index contributed by atoms with van der Waals surface area (Å²) in [5, 5.41) is -0.234. The first kappa shape index (κ1) is 19.8. The van der Waals surface area contributed by atoms with Gasteiger partial charge in [-0.3, -0.25) is 4.57 Å². The molecule has 0 N–H and O–H groups in total. The fourth-order valence-corrected chi connectivity index (χ4v) is 6.42. The standard InChI is InChI=1S/C45H28N4O/c1-3-11-29(12-4-1)31-19-23-33(24-20-31)43-46-44(34-25-21-32(22-26-34)30-13-5-2-6-14-30)48-45(47-43)49-38-17-9-7-15-35(38)36-27-28-40-41(42(36)49)37-16-8-10-18-39(37)50-40/h1-28H/i7D,8D,9D,10D,15D,16D,17D,18D,27D,28D. The smallest absolute Gasteiger partial charge is 0.238 e. The van der Waals surface area contributed by atoms with Crippen LogP contribution in [-0.4, -0.2) is 19.5 Å². The molecule has 0 aliphatic rings. The fourth-order valence-electron chi connectivity index (χ4n) is 6.42. The Morgan fingerprint density at radius 1 is 0.440 bits per heavy atom. The Morgan fingerprint density at radius 2 is 0.960 bits per heavy atom. The van der Waals surface area contributed by atoms with Gasteiger partial charge in [0.05, 0.1) is 30.1 Å². The van der Waals surface area contributed by atoms with Crippen LogP contribution in [0.1, 0.15) is 13.7 Å². The molecular formula is C45H28N4O. The minimum Gasteiger partial charge on any atom is -0.456 e. The zero-order valence-electron chi connectivity index (χ0n) is 36.1. The predicted molar refractivity (Wildman–Crippen MR) is 203 cm³/mol. The van der Waals surface area contributed by atoms with E-state index in [0.717, 1.165) is 22.3 Å². The van der Waals surface area contributed by atoms with Crippen molar-refractivity contribution in [2.75, 3.05) is 0 Å². The minimum atomic E-state index is -0.564. The van der Waals surface area contributed by atoms with E-state index in [-0.39, 0.29) is 61.3 Å². The fraction of sp³-hybridized carbons (Fsp3) is 0. The van der Waals surface area contributed by atoms with Gasteiger partial charge in [0.25, 0.3) is 0 Å². The van der Waals surface area contributed by atoms with Crippen molar-refractivity contribution >= 4 is 43.7 Å². The van der Waals surface area contributed by atoms with Gasteiger partial charge in [-0.2, -0.15) is 9.97 Å². The molecule has 0 radical (unpaired) electrons. The molecule has 10 aromatic rings. The molecule has 0 fully saturated rings. The summed E-state index contributed by atoms with van der Waals surface area (Å²) in [4.78, 5) is 14.8. The Bertz CT molecular complexity index is 3310. The molecule has 0 aliphatic carbocycles. The summed E-state index contributed by atoms with van der Waals surface area (Å²) in [6.07, 6.45) is 0. The summed E-state index contributed by atoms with van der Waals surface area (Å²) in [5.41, 5.74) is 4.57. The van der Waals surface area contributed by atoms with Crippen molar-refractivity contribution in [1.29, 1.82) is 0 Å². The lowest BCUT2D eigenvalue weighted by atomic mass is 10.0. The summed E-state index contributed by atoms with van der Waals surface area (Å²) in [7, 11) is 0. The van der Waals surface area contributed by atoms with E-state index in [2.05, 4.69) is 0 Å². The molecule has 0 amide bonds. The average molecular weight is 651 g/mol. The maximum atomic E-state index is 9.29. The number of hydrogen-bond acceptors (Lipinski definition) is 4. The number of rotatable bonds is 5. The topological polar surface area (TPSA) is 56.7 Å². The summed E-state index contributed by atoms with van der Waals surface area (Å²) >= 11 is 0. The van der Waals surface area contributed by atoms with E-state index in [9.17, 15) is 2.74 Å². The molecule has 3 heterocycles. The maximum absolute atomic E-state index is 9.29. The second-order valence-corrected chi connectivity index (χ2v) is 11.7. The van der Waals surface area contributed by atoms with Crippen LogP contribution >= 0.6 is 0 Å². The summed E-state index contributed by atoms with van der Waals surface area (Å²) in [6.45, 7) is 0. The van der Waals surface area contributed by atoms with Gasteiger partial charge in [0, 0.05) is 27.3 Å².